The van der Waals surface area contributed by atoms with Gasteiger partial charge in [0, 0.05) is 11.4 Å². The summed E-state index contributed by atoms with van der Waals surface area (Å²) in [6.45, 7) is 4.57. The lowest BCUT2D eigenvalue weighted by molar-refractivity contribution is 0.752. The predicted octanol–water partition coefficient (Wildman–Crippen LogP) is 8.89. The molecule has 0 aliphatic rings. The summed E-state index contributed by atoms with van der Waals surface area (Å²) in [5.74, 6) is 0. The first-order valence-electron chi connectivity index (χ1n) is 14.9. The highest BCUT2D eigenvalue weighted by Crippen LogP contribution is 2.23. The van der Waals surface area contributed by atoms with Gasteiger partial charge >= 0.3 is 0 Å². The average molecular weight is 519 g/mol. The molecule has 0 atom stereocenters. The lowest BCUT2D eigenvalue weighted by atomic mass is 9.91. The van der Waals surface area contributed by atoms with Gasteiger partial charge in [0.2, 0.25) is 0 Å². The summed E-state index contributed by atoms with van der Waals surface area (Å²) < 4.78 is 0. The largest absolute Gasteiger partial charge is 0.399 e. The van der Waals surface area contributed by atoms with Gasteiger partial charge in [0.05, 0.1) is 0 Å². The van der Waals surface area contributed by atoms with Crippen molar-refractivity contribution in [2.24, 2.45) is 0 Å². The fourth-order valence-corrected chi connectivity index (χ4v) is 5.48. The second-order valence-corrected chi connectivity index (χ2v) is 11.1. The van der Waals surface area contributed by atoms with Gasteiger partial charge in [-0.25, -0.2) is 0 Å². The molecule has 2 nitrogen and oxygen atoms in total. The van der Waals surface area contributed by atoms with Crippen molar-refractivity contribution in [3.8, 4) is 0 Å². The number of anilines is 2. The summed E-state index contributed by atoms with van der Waals surface area (Å²) in [6, 6.07) is 31.0. The summed E-state index contributed by atoms with van der Waals surface area (Å²) >= 11 is 0. The highest BCUT2D eigenvalue weighted by Gasteiger charge is 2.09. The Morgan fingerprint density at radius 3 is 1.15 bits per heavy atom. The smallest absolute Gasteiger partial charge is 0.0314 e. The molecule has 0 aliphatic heterocycles. The molecule has 4 aromatic rings. The van der Waals surface area contributed by atoms with Gasteiger partial charge in [-0.15, -0.1) is 0 Å². The number of hydrogen-bond acceptors (Lipinski definition) is 2. The maximum atomic E-state index is 5.88. The van der Waals surface area contributed by atoms with Gasteiger partial charge in [-0.1, -0.05) is 87.4 Å². The molecule has 0 spiro atoms. The van der Waals surface area contributed by atoms with Crippen LogP contribution in [0.15, 0.2) is 84.9 Å². The summed E-state index contributed by atoms with van der Waals surface area (Å²) in [5.41, 5.74) is 25.0. The molecule has 4 N–H and O–H groups in total. The first-order valence-corrected chi connectivity index (χ1v) is 14.9. The first-order chi connectivity index (χ1) is 19.0. The van der Waals surface area contributed by atoms with Gasteiger partial charge in [0.25, 0.3) is 0 Å². The lowest BCUT2D eigenvalue weighted by Crippen LogP contribution is -2.02. The SMILES string of the molecule is CCCCc1cc(Cc2ccc(N)cc2)ccc1CCCc1ccc(Cc2ccc(N)cc2)cc1CCCC. The third kappa shape index (κ3) is 8.75. The molecule has 2 heteroatoms. The van der Waals surface area contributed by atoms with Crippen molar-refractivity contribution in [2.45, 2.75) is 84.5 Å². The molecular formula is C37H46N2. The van der Waals surface area contributed by atoms with Crippen LogP contribution in [0.1, 0.15) is 90.5 Å². The van der Waals surface area contributed by atoms with Crippen molar-refractivity contribution in [1.82, 2.24) is 0 Å². The van der Waals surface area contributed by atoms with E-state index < -0.39 is 0 Å². The van der Waals surface area contributed by atoms with Crippen molar-refractivity contribution < 1.29 is 0 Å². The van der Waals surface area contributed by atoms with Gasteiger partial charge in [0.1, 0.15) is 0 Å². The van der Waals surface area contributed by atoms with Crippen molar-refractivity contribution in [3.05, 3.63) is 129 Å². The van der Waals surface area contributed by atoms with Gasteiger partial charge in [-0.3, -0.25) is 0 Å². The predicted molar refractivity (Wildman–Crippen MR) is 169 cm³/mol. The standard InChI is InChI=1S/C37H46N2/c1-3-5-8-34-26-30(24-28-14-20-36(38)21-15-28)12-18-32(34)10-7-11-33-19-13-31(27-35(33)9-6-4-2)25-29-16-22-37(39)23-17-29/h12-23,26-27H,3-11,24-25,38-39H2,1-2H3. The Morgan fingerprint density at radius 2 is 0.769 bits per heavy atom. The molecule has 0 unspecified atom stereocenters. The van der Waals surface area contributed by atoms with E-state index in [1.54, 1.807) is 0 Å². The van der Waals surface area contributed by atoms with Crippen LogP contribution in [0.2, 0.25) is 0 Å². The Kier molecular flexibility index (Phi) is 10.7. The van der Waals surface area contributed by atoms with Crippen molar-refractivity contribution in [2.75, 3.05) is 11.5 Å². The van der Waals surface area contributed by atoms with Crippen LogP contribution >= 0.6 is 0 Å². The summed E-state index contributed by atoms with van der Waals surface area (Å²) in [5, 5.41) is 0. The lowest BCUT2D eigenvalue weighted by Gasteiger charge is -2.15. The minimum Gasteiger partial charge on any atom is -0.399 e. The van der Waals surface area contributed by atoms with Crippen LogP contribution in [0.5, 0.6) is 0 Å². The molecule has 0 radical (unpaired) electrons. The molecule has 4 aromatic carbocycles. The number of benzene rings is 4. The number of hydrogen-bond donors (Lipinski definition) is 2. The topological polar surface area (TPSA) is 52.0 Å². The molecule has 4 rings (SSSR count). The molecule has 0 saturated heterocycles. The monoisotopic (exact) mass is 518 g/mol. The Morgan fingerprint density at radius 1 is 0.410 bits per heavy atom. The summed E-state index contributed by atoms with van der Waals surface area (Å²) in [4.78, 5) is 0. The third-order valence-electron chi connectivity index (χ3n) is 7.81. The van der Waals surface area contributed by atoms with Crippen LogP contribution in [-0.4, -0.2) is 0 Å². The maximum Gasteiger partial charge on any atom is 0.0314 e. The minimum atomic E-state index is 0.826. The van der Waals surface area contributed by atoms with E-state index in [2.05, 4.69) is 74.5 Å². The molecule has 204 valence electrons. The first kappa shape index (κ1) is 28.5. The average Bonchev–Trinajstić information content (AvgIpc) is 2.95. The van der Waals surface area contributed by atoms with Gasteiger partial charge in [-0.05, 0) is 127 Å². The highest BCUT2D eigenvalue weighted by atomic mass is 14.5. The van der Waals surface area contributed by atoms with Crippen LogP contribution in [0, 0.1) is 0 Å². The molecule has 0 heterocycles. The Bertz CT molecular complexity index is 1200. The van der Waals surface area contributed by atoms with Crippen LogP contribution < -0.4 is 11.5 Å². The third-order valence-corrected chi connectivity index (χ3v) is 7.81. The summed E-state index contributed by atoms with van der Waals surface area (Å²) in [6.07, 6.45) is 12.7. The second kappa shape index (κ2) is 14.6. The van der Waals surface area contributed by atoms with Crippen molar-refractivity contribution in [1.29, 1.82) is 0 Å². The van der Waals surface area contributed by atoms with Crippen LogP contribution in [0.4, 0.5) is 11.4 Å². The molecule has 0 bridgehead atoms. The quantitative estimate of drug-likeness (QED) is 0.164. The zero-order valence-electron chi connectivity index (χ0n) is 24.0. The second-order valence-electron chi connectivity index (χ2n) is 11.1. The van der Waals surface area contributed by atoms with E-state index in [4.69, 9.17) is 11.5 Å². The zero-order chi connectivity index (χ0) is 27.5. The Labute approximate surface area is 236 Å². The molecular weight excluding hydrogens is 472 g/mol. The van der Waals surface area contributed by atoms with Crippen LogP contribution in [-0.2, 0) is 38.5 Å². The molecule has 0 aromatic heterocycles. The van der Waals surface area contributed by atoms with E-state index in [0.717, 1.165) is 37.1 Å². The highest BCUT2D eigenvalue weighted by molar-refractivity contribution is 5.43. The minimum absolute atomic E-state index is 0.826. The maximum absolute atomic E-state index is 5.88. The van der Waals surface area contributed by atoms with E-state index in [1.807, 2.05) is 24.3 Å². The van der Waals surface area contributed by atoms with Gasteiger partial charge in [0.15, 0.2) is 0 Å². The number of unbranched alkanes of at least 4 members (excludes halogenated alkanes) is 2. The molecule has 39 heavy (non-hydrogen) atoms. The Hall–Kier alpha value is -3.52. The normalized spacial score (nSPS) is 11.1. The van der Waals surface area contributed by atoms with E-state index >= 15 is 0 Å². The number of aryl methyl sites for hydroxylation is 4. The summed E-state index contributed by atoms with van der Waals surface area (Å²) in [7, 11) is 0. The molecule has 0 amide bonds. The van der Waals surface area contributed by atoms with E-state index in [0.29, 0.717) is 0 Å². The number of nitrogen functional groups attached to an aromatic ring is 2. The molecule has 0 aliphatic carbocycles. The van der Waals surface area contributed by atoms with Gasteiger partial charge in [-0.2, -0.15) is 0 Å². The van der Waals surface area contributed by atoms with Crippen molar-refractivity contribution >= 4 is 11.4 Å². The molecule has 0 fully saturated rings. The van der Waals surface area contributed by atoms with E-state index in [9.17, 15) is 0 Å². The number of nitrogens with two attached hydrogens (primary N) is 2. The van der Waals surface area contributed by atoms with E-state index in [1.165, 1.54) is 89.5 Å². The fraction of sp³-hybridized carbons (Fsp3) is 0.351. The molecule has 0 saturated carbocycles. The number of rotatable bonds is 14. The Balaban J connectivity index is 1.43. The van der Waals surface area contributed by atoms with Gasteiger partial charge < -0.3 is 11.5 Å². The van der Waals surface area contributed by atoms with Crippen LogP contribution in [0.3, 0.4) is 0 Å². The van der Waals surface area contributed by atoms with E-state index in [-0.39, 0.29) is 0 Å². The fourth-order valence-electron chi connectivity index (χ4n) is 5.48. The zero-order valence-corrected chi connectivity index (χ0v) is 24.0. The van der Waals surface area contributed by atoms with Crippen molar-refractivity contribution in [3.63, 3.8) is 0 Å². The van der Waals surface area contributed by atoms with Crippen LogP contribution in [0.25, 0.3) is 0 Å².